The van der Waals surface area contributed by atoms with Gasteiger partial charge in [0.05, 0.1) is 7.11 Å². The molecular weight excluding hydrogens is 334 g/mol. The van der Waals surface area contributed by atoms with Crippen LogP contribution in [0.3, 0.4) is 0 Å². The molecule has 3 rings (SSSR count). The Kier molecular flexibility index (Phi) is 5.72. The minimum absolute atomic E-state index is 0.139. The Labute approximate surface area is 151 Å². The van der Waals surface area contributed by atoms with E-state index in [0.29, 0.717) is 17.3 Å². The van der Waals surface area contributed by atoms with Crippen LogP contribution in [0.4, 0.5) is 0 Å². The third-order valence-electron chi connectivity index (χ3n) is 3.41. The average molecular weight is 353 g/mol. The molecule has 0 atom stereocenters. The van der Waals surface area contributed by atoms with E-state index in [9.17, 15) is 0 Å². The number of nitrogens with two attached hydrogens (primary N) is 1. The molecule has 2 aromatic carbocycles. The fraction of sp³-hybridized carbons (Fsp3) is 0.158. The number of rotatable bonds is 8. The largest absolute Gasteiger partial charge is 0.497 e. The lowest BCUT2D eigenvalue weighted by molar-refractivity contribution is 0.125. The number of para-hydroxylation sites is 1. The van der Waals surface area contributed by atoms with Gasteiger partial charge in [-0.2, -0.15) is 0 Å². The molecule has 0 fully saturated rings. The van der Waals surface area contributed by atoms with Crippen LogP contribution in [-0.4, -0.2) is 24.5 Å². The average Bonchev–Trinajstić information content (AvgIpc) is 3.16. The minimum Gasteiger partial charge on any atom is -0.497 e. The van der Waals surface area contributed by atoms with Crippen molar-refractivity contribution in [3.63, 3.8) is 0 Å². The van der Waals surface area contributed by atoms with Crippen LogP contribution in [0.25, 0.3) is 11.5 Å². The normalized spacial score (nSPS) is 11.2. The zero-order chi connectivity index (χ0) is 18.2. The second-order valence-electron chi connectivity index (χ2n) is 5.33. The molecule has 0 radical (unpaired) electrons. The summed E-state index contributed by atoms with van der Waals surface area (Å²) >= 11 is 0. The fourth-order valence-electron chi connectivity index (χ4n) is 2.12. The van der Waals surface area contributed by atoms with Gasteiger partial charge < -0.3 is 24.5 Å². The number of methoxy groups -OCH3 is 1. The van der Waals surface area contributed by atoms with E-state index in [1.165, 1.54) is 6.26 Å². The van der Waals surface area contributed by atoms with Gasteiger partial charge in [0, 0.05) is 5.56 Å². The van der Waals surface area contributed by atoms with Crippen LogP contribution in [0, 0.1) is 0 Å². The number of oxazole rings is 1. The zero-order valence-electron chi connectivity index (χ0n) is 14.3. The van der Waals surface area contributed by atoms with Crippen LogP contribution in [0.1, 0.15) is 5.69 Å². The number of aromatic nitrogens is 1. The quantitative estimate of drug-likeness (QED) is 0.380. The van der Waals surface area contributed by atoms with E-state index in [-0.39, 0.29) is 19.0 Å². The topological polar surface area (TPSA) is 92.1 Å². The second-order valence-corrected chi connectivity index (χ2v) is 5.33. The molecule has 0 aliphatic carbocycles. The predicted molar refractivity (Wildman–Crippen MR) is 96.8 cm³/mol. The molecule has 0 aliphatic heterocycles. The lowest BCUT2D eigenvalue weighted by Crippen LogP contribution is -2.21. The van der Waals surface area contributed by atoms with Crippen molar-refractivity contribution in [2.75, 3.05) is 13.7 Å². The van der Waals surface area contributed by atoms with E-state index in [4.69, 9.17) is 24.5 Å². The lowest BCUT2D eigenvalue weighted by atomic mass is 10.2. The highest BCUT2D eigenvalue weighted by Gasteiger charge is 2.07. The standard InChI is InChI=1S/C19H19N3O4/c1-23-16-9-7-14(8-10-16)19-21-15(11-25-19)12-26-22-18(20)13-24-17-5-3-2-4-6-17/h2-11H,12-13H2,1H3,(H2,20,22). The molecule has 0 unspecified atom stereocenters. The first-order valence-corrected chi connectivity index (χ1v) is 7.95. The zero-order valence-corrected chi connectivity index (χ0v) is 14.3. The van der Waals surface area contributed by atoms with Crippen molar-refractivity contribution in [2.45, 2.75) is 6.61 Å². The summed E-state index contributed by atoms with van der Waals surface area (Å²) in [5.41, 5.74) is 7.21. The van der Waals surface area contributed by atoms with Crippen molar-refractivity contribution < 1.29 is 18.7 Å². The van der Waals surface area contributed by atoms with Gasteiger partial charge in [0.25, 0.3) is 0 Å². The van der Waals surface area contributed by atoms with Crippen LogP contribution >= 0.6 is 0 Å². The van der Waals surface area contributed by atoms with Gasteiger partial charge in [-0.1, -0.05) is 23.4 Å². The molecular formula is C19H19N3O4. The Bertz CT molecular complexity index is 845. The first-order valence-electron chi connectivity index (χ1n) is 7.95. The summed E-state index contributed by atoms with van der Waals surface area (Å²) in [6, 6.07) is 16.8. The number of hydrogen-bond acceptors (Lipinski definition) is 6. The molecule has 1 heterocycles. The molecule has 3 aromatic rings. The smallest absolute Gasteiger partial charge is 0.226 e. The number of hydrogen-bond donors (Lipinski definition) is 1. The summed E-state index contributed by atoms with van der Waals surface area (Å²) in [5, 5.41) is 3.81. The summed E-state index contributed by atoms with van der Waals surface area (Å²) in [5.74, 6) is 2.21. The molecule has 0 amide bonds. The predicted octanol–water partition coefficient (Wildman–Crippen LogP) is 3.22. The van der Waals surface area contributed by atoms with E-state index < -0.39 is 0 Å². The number of benzene rings is 2. The van der Waals surface area contributed by atoms with Crippen molar-refractivity contribution in [2.24, 2.45) is 10.9 Å². The maximum atomic E-state index is 5.75. The van der Waals surface area contributed by atoms with Gasteiger partial charge in [-0.3, -0.25) is 0 Å². The van der Waals surface area contributed by atoms with Gasteiger partial charge in [0.2, 0.25) is 5.89 Å². The monoisotopic (exact) mass is 353 g/mol. The maximum Gasteiger partial charge on any atom is 0.226 e. The summed E-state index contributed by atoms with van der Waals surface area (Å²) in [6.07, 6.45) is 1.52. The van der Waals surface area contributed by atoms with E-state index in [1.807, 2.05) is 54.6 Å². The summed E-state index contributed by atoms with van der Waals surface area (Å²) in [6.45, 7) is 0.283. The number of nitrogens with zero attached hydrogens (tertiary/aromatic N) is 2. The first-order chi connectivity index (χ1) is 12.7. The van der Waals surface area contributed by atoms with Gasteiger partial charge in [-0.25, -0.2) is 4.98 Å². The molecule has 0 saturated heterocycles. The third kappa shape index (κ3) is 4.76. The van der Waals surface area contributed by atoms with E-state index >= 15 is 0 Å². The molecule has 0 aliphatic rings. The van der Waals surface area contributed by atoms with E-state index in [2.05, 4.69) is 10.1 Å². The summed E-state index contributed by atoms with van der Waals surface area (Å²) in [4.78, 5) is 9.55. The van der Waals surface area contributed by atoms with Crippen LogP contribution in [-0.2, 0) is 11.4 Å². The molecule has 0 bridgehead atoms. The van der Waals surface area contributed by atoms with Crippen molar-refractivity contribution in [1.82, 2.24) is 4.98 Å². The Hall–Kier alpha value is -3.48. The number of ether oxygens (including phenoxy) is 2. The second kappa shape index (κ2) is 8.57. The van der Waals surface area contributed by atoms with Crippen LogP contribution in [0.2, 0.25) is 0 Å². The fourth-order valence-corrected chi connectivity index (χ4v) is 2.12. The molecule has 1 aromatic heterocycles. The number of amidine groups is 1. The Balaban J connectivity index is 1.49. The Morgan fingerprint density at radius 2 is 1.85 bits per heavy atom. The SMILES string of the molecule is COc1ccc(-c2nc(CO/N=C(/N)COc3ccccc3)co2)cc1. The van der Waals surface area contributed by atoms with Gasteiger partial charge in [0.1, 0.15) is 30.1 Å². The van der Waals surface area contributed by atoms with Crippen molar-refractivity contribution in [3.8, 4) is 23.0 Å². The van der Waals surface area contributed by atoms with Crippen LogP contribution in [0.15, 0.2) is 70.4 Å². The summed E-state index contributed by atoms with van der Waals surface area (Å²) in [7, 11) is 1.62. The van der Waals surface area contributed by atoms with Gasteiger partial charge >= 0.3 is 0 Å². The molecule has 0 saturated carbocycles. The van der Waals surface area contributed by atoms with Crippen LogP contribution < -0.4 is 15.2 Å². The lowest BCUT2D eigenvalue weighted by Gasteiger charge is -2.04. The van der Waals surface area contributed by atoms with Crippen molar-refractivity contribution in [1.29, 1.82) is 0 Å². The molecule has 26 heavy (non-hydrogen) atoms. The Morgan fingerprint density at radius 3 is 2.58 bits per heavy atom. The summed E-state index contributed by atoms with van der Waals surface area (Å²) < 4.78 is 16.0. The Morgan fingerprint density at radius 1 is 1.08 bits per heavy atom. The minimum atomic E-state index is 0.139. The highest BCUT2D eigenvalue weighted by Crippen LogP contribution is 2.21. The van der Waals surface area contributed by atoms with Crippen molar-refractivity contribution >= 4 is 5.84 Å². The van der Waals surface area contributed by atoms with Gasteiger partial charge in [-0.05, 0) is 36.4 Å². The van der Waals surface area contributed by atoms with Gasteiger partial charge in [0.15, 0.2) is 12.4 Å². The molecule has 0 spiro atoms. The van der Waals surface area contributed by atoms with Gasteiger partial charge in [-0.15, -0.1) is 0 Å². The van der Waals surface area contributed by atoms with E-state index in [0.717, 1.165) is 11.3 Å². The molecule has 2 N–H and O–H groups in total. The maximum absolute atomic E-state index is 5.75. The molecule has 7 nitrogen and oxygen atoms in total. The van der Waals surface area contributed by atoms with Crippen molar-refractivity contribution in [3.05, 3.63) is 66.6 Å². The van der Waals surface area contributed by atoms with Crippen LogP contribution in [0.5, 0.6) is 11.5 Å². The highest BCUT2D eigenvalue weighted by atomic mass is 16.6. The third-order valence-corrected chi connectivity index (χ3v) is 3.41. The molecule has 134 valence electrons. The number of oxime groups is 1. The first kappa shape index (κ1) is 17.3. The van der Waals surface area contributed by atoms with E-state index in [1.54, 1.807) is 7.11 Å². The molecule has 7 heteroatoms. The highest BCUT2D eigenvalue weighted by molar-refractivity contribution is 5.81.